The number of ether oxygens (including phenoxy) is 1. The summed E-state index contributed by atoms with van der Waals surface area (Å²) in [4.78, 5) is 0. The molecule has 1 rings (SSSR count). The first-order valence-electron chi connectivity index (χ1n) is 6.56. The minimum absolute atomic E-state index is 0.367. The fraction of sp³-hybridized carbons (Fsp3) is 0.857. The van der Waals surface area contributed by atoms with E-state index in [2.05, 4.69) is 20.4 Å². The van der Waals surface area contributed by atoms with Crippen molar-refractivity contribution >= 4 is 0 Å². The van der Waals surface area contributed by atoms with E-state index in [-0.39, 0.29) is 0 Å². The fourth-order valence-electron chi connectivity index (χ4n) is 2.17. The van der Waals surface area contributed by atoms with Crippen molar-refractivity contribution < 1.29 is 4.74 Å². The van der Waals surface area contributed by atoms with Crippen molar-refractivity contribution in [1.29, 1.82) is 0 Å². The van der Waals surface area contributed by atoms with Crippen LogP contribution in [0.15, 0.2) is 12.2 Å². The van der Waals surface area contributed by atoms with Gasteiger partial charge in [-0.1, -0.05) is 59.0 Å². The van der Waals surface area contributed by atoms with E-state index in [4.69, 9.17) is 4.74 Å². The summed E-state index contributed by atoms with van der Waals surface area (Å²) < 4.78 is 5.71. The number of hydrogen-bond acceptors (Lipinski definition) is 1. The molecular formula is C14H26O. The van der Waals surface area contributed by atoms with E-state index < -0.39 is 0 Å². The van der Waals surface area contributed by atoms with Crippen LogP contribution in [0.5, 0.6) is 0 Å². The minimum atomic E-state index is 0.367. The summed E-state index contributed by atoms with van der Waals surface area (Å²) in [5.41, 5.74) is 1.32. The van der Waals surface area contributed by atoms with Crippen LogP contribution >= 0.6 is 0 Å². The summed E-state index contributed by atoms with van der Waals surface area (Å²) in [5, 5.41) is 0. The predicted molar refractivity (Wildman–Crippen MR) is 66.0 cm³/mol. The normalized spacial score (nSPS) is 26.1. The molecule has 0 unspecified atom stereocenters. The largest absolute Gasteiger partial charge is 0.373 e. The summed E-state index contributed by atoms with van der Waals surface area (Å²) in [6.07, 6.45) is 9.74. The molecule has 1 heterocycles. The van der Waals surface area contributed by atoms with Crippen molar-refractivity contribution in [3.63, 3.8) is 0 Å². The van der Waals surface area contributed by atoms with Crippen LogP contribution in [0.2, 0.25) is 0 Å². The first-order chi connectivity index (χ1) is 7.25. The van der Waals surface area contributed by atoms with E-state index in [1.807, 2.05) is 0 Å². The maximum Gasteiger partial charge on any atom is 0.0786 e. The molecule has 88 valence electrons. The molecule has 1 saturated heterocycles. The molecule has 0 N–H and O–H groups in total. The average molecular weight is 210 g/mol. The summed E-state index contributed by atoms with van der Waals surface area (Å²) in [6, 6.07) is 0. The molecule has 1 aliphatic rings. The van der Waals surface area contributed by atoms with Gasteiger partial charge in [0.1, 0.15) is 0 Å². The lowest BCUT2D eigenvalue weighted by atomic mass is 9.97. The van der Waals surface area contributed by atoms with E-state index in [1.54, 1.807) is 0 Å². The van der Waals surface area contributed by atoms with Gasteiger partial charge in [0, 0.05) is 5.92 Å². The Bertz CT molecular complexity index is 186. The Morgan fingerprint density at radius 2 is 1.87 bits per heavy atom. The van der Waals surface area contributed by atoms with Crippen molar-refractivity contribution in [3.8, 4) is 0 Å². The molecule has 15 heavy (non-hydrogen) atoms. The van der Waals surface area contributed by atoms with E-state index >= 15 is 0 Å². The van der Waals surface area contributed by atoms with E-state index in [0.717, 1.165) is 6.61 Å². The van der Waals surface area contributed by atoms with E-state index in [9.17, 15) is 0 Å². The van der Waals surface area contributed by atoms with Crippen molar-refractivity contribution in [2.45, 2.75) is 64.9 Å². The SMILES string of the molecule is C=C1[C@H](C)CO[C@@H]1CCCCCCCC. The van der Waals surface area contributed by atoms with Crippen molar-refractivity contribution in [1.82, 2.24) is 0 Å². The second-order valence-electron chi connectivity index (χ2n) is 4.85. The molecule has 1 heteroatoms. The molecule has 0 spiro atoms. The molecule has 0 saturated carbocycles. The maximum absolute atomic E-state index is 5.71. The lowest BCUT2D eigenvalue weighted by Gasteiger charge is -2.11. The molecule has 0 radical (unpaired) electrons. The highest BCUT2D eigenvalue weighted by atomic mass is 16.5. The molecule has 0 aromatic carbocycles. The average Bonchev–Trinajstić information content (AvgIpc) is 2.54. The van der Waals surface area contributed by atoms with Gasteiger partial charge in [-0.25, -0.2) is 0 Å². The summed E-state index contributed by atoms with van der Waals surface area (Å²) in [5.74, 6) is 0.579. The van der Waals surface area contributed by atoms with Crippen molar-refractivity contribution in [2.75, 3.05) is 6.61 Å². The molecule has 1 nitrogen and oxygen atoms in total. The topological polar surface area (TPSA) is 9.23 Å². The lowest BCUT2D eigenvalue weighted by Crippen LogP contribution is -2.07. The third-order valence-electron chi connectivity index (χ3n) is 3.41. The molecule has 0 aromatic heterocycles. The van der Waals surface area contributed by atoms with Gasteiger partial charge in [-0.15, -0.1) is 0 Å². The molecule has 0 aromatic rings. The van der Waals surface area contributed by atoms with Crippen LogP contribution < -0.4 is 0 Å². The van der Waals surface area contributed by atoms with Crippen molar-refractivity contribution in [2.24, 2.45) is 5.92 Å². The summed E-state index contributed by atoms with van der Waals surface area (Å²) in [6.45, 7) is 9.48. The highest BCUT2D eigenvalue weighted by Crippen LogP contribution is 2.27. The zero-order valence-corrected chi connectivity index (χ0v) is 10.4. The molecule has 2 atom stereocenters. The Balaban J connectivity index is 1.98. The third kappa shape index (κ3) is 4.38. The van der Waals surface area contributed by atoms with Crippen LogP contribution in [-0.4, -0.2) is 12.7 Å². The molecule has 0 aliphatic carbocycles. The third-order valence-corrected chi connectivity index (χ3v) is 3.41. The zero-order valence-electron chi connectivity index (χ0n) is 10.4. The van der Waals surface area contributed by atoms with Crippen LogP contribution in [0.4, 0.5) is 0 Å². The lowest BCUT2D eigenvalue weighted by molar-refractivity contribution is 0.109. The molecule has 0 amide bonds. The van der Waals surface area contributed by atoms with Crippen LogP contribution in [0.25, 0.3) is 0 Å². The van der Waals surface area contributed by atoms with Crippen LogP contribution in [-0.2, 0) is 4.74 Å². The molecule has 1 fully saturated rings. The van der Waals surface area contributed by atoms with E-state index in [0.29, 0.717) is 12.0 Å². The van der Waals surface area contributed by atoms with Crippen LogP contribution in [0, 0.1) is 5.92 Å². The highest BCUT2D eigenvalue weighted by Gasteiger charge is 2.25. The van der Waals surface area contributed by atoms with Gasteiger partial charge in [0.15, 0.2) is 0 Å². The van der Waals surface area contributed by atoms with Gasteiger partial charge in [0.25, 0.3) is 0 Å². The first kappa shape index (κ1) is 12.8. The fourth-order valence-corrected chi connectivity index (χ4v) is 2.17. The Hall–Kier alpha value is -0.300. The Labute approximate surface area is 94.9 Å². The highest BCUT2D eigenvalue weighted by molar-refractivity contribution is 5.10. The quantitative estimate of drug-likeness (QED) is 0.449. The number of unbranched alkanes of at least 4 members (excludes halogenated alkanes) is 5. The van der Waals surface area contributed by atoms with Crippen LogP contribution in [0.1, 0.15) is 58.8 Å². The molecular weight excluding hydrogens is 184 g/mol. The second kappa shape index (κ2) is 7.05. The van der Waals surface area contributed by atoms with Gasteiger partial charge >= 0.3 is 0 Å². The Kier molecular flexibility index (Phi) is 6.00. The number of rotatable bonds is 7. The van der Waals surface area contributed by atoms with Gasteiger partial charge in [-0.2, -0.15) is 0 Å². The van der Waals surface area contributed by atoms with Gasteiger partial charge < -0.3 is 4.74 Å². The van der Waals surface area contributed by atoms with Gasteiger partial charge in [-0.05, 0) is 12.0 Å². The van der Waals surface area contributed by atoms with Crippen LogP contribution in [0.3, 0.4) is 0 Å². The summed E-state index contributed by atoms with van der Waals surface area (Å²) >= 11 is 0. The Morgan fingerprint density at radius 3 is 2.47 bits per heavy atom. The Morgan fingerprint density at radius 1 is 1.20 bits per heavy atom. The standard InChI is InChI=1S/C14H26O/c1-4-5-6-7-8-9-10-14-13(3)12(2)11-15-14/h12,14H,3-11H2,1-2H3/t12-,14-/m1/s1. The van der Waals surface area contributed by atoms with Gasteiger partial charge in [0.2, 0.25) is 0 Å². The zero-order chi connectivity index (χ0) is 11.1. The second-order valence-corrected chi connectivity index (χ2v) is 4.85. The monoisotopic (exact) mass is 210 g/mol. The predicted octanol–water partition coefficient (Wildman–Crippen LogP) is 4.33. The van der Waals surface area contributed by atoms with Gasteiger partial charge in [-0.3, -0.25) is 0 Å². The first-order valence-corrected chi connectivity index (χ1v) is 6.56. The number of hydrogen-bond donors (Lipinski definition) is 0. The summed E-state index contributed by atoms with van der Waals surface area (Å²) in [7, 11) is 0. The van der Waals surface area contributed by atoms with Gasteiger partial charge in [0.05, 0.1) is 12.7 Å². The van der Waals surface area contributed by atoms with E-state index in [1.165, 1.54) is 50.5 Å². The molecule has 0 bridgehead atoms. The minimum Gasteiger partial charge on any atom is -0.373 e. The molecule has 1 aliphatic heterocycles. The smallest absolute Gasteiger partial charge is 0.0786 e. The van der Waals surface area contributed by atoms with Crippen molar-refractivity contribution in [3.05, 3.63) is 12.2 Å². The maximum atomic E-state index is 5.71.